The molecule has 0 fully saturated rings. The van der Waals surface area contributed by atoms with Crippen molar-refractivity contribution in [3.8, 4) is 0 Å². The number of nitrogens with one attached hydrogen (secondary N) is 2. The molecule has 0 radical (unpaired) electrons. The minimum absolute atomic E-state index is 0.0620. The first-order chi connectivity index (χ1) is 17.7. The van der Waals surface area contributed by atoms with Crippen LogP contribution in [0.5, 0.6) is 0 Å². The lowest BCUT2D eigenvalue weighted by atomic mass is 9.96. The number of primary amides is 1. The van der Waals surface area contributed by atoms with Crippen LogP contribution in [0.2, 0.25) is 0 Å². The number of halogens is 2. The van der Waals surface area contributed by atoms with Gasteiger partial charge >= 0.3 is 0 Å². The van der Waals surface area contributed by atoms with Crippen molar-refractivity contribution in [3.05, 3.63) is 75.6 Å². The smallest absolute Gasteiger partial charge is 0.246 e. The summed E-state index contributed by atoms with van der Waals surface area (Å²) in [5.74, 6) is -2.15. The second-order valence-electron chi connectivity index (χ2n) is 9.07. The Morgan fingerprint density at radius 3 is 2.39 bits per heavy atom. The number of pyridine rings is 1. The predicted octanol–water partition coefficient (Wildman–Crippen LogP) is 3.52. The third-order valence-electron chi connectivity index (χ3n) is 5.45. The molecule has 0 saturated heterocycles. The van der Waals surface area contributed by atoms with Crippen LogP contribution >= 0.6 is 11.8 Å². The molecule has 5 N–H and O–H groups in total. The summed E-state index contributed by atoms with van der Waals surface area (Å²) in [6, 6.07) is 7.11. The van der Waals surface area contributed by atoms with Gasteiger partial charge < -0.3 is 21.5 Å². The highest BCUT2D eigenvalue weighted by atomic mass is 32.2. The van der Waals surface area contributed by atoms with E-state index in [2.05, 4.69) is 25.8 Å². The van der Waals surface area contributed by atoms with Crippen molar-refractivity contribution >= 4 is 35.2 Å². The molecule has 2 amide bonds. The van der Waals surface area contributed by atoms with Crippen LogP contribution in [0.4, 0.5) is 20.4 Å². The SMILES string of the molecule is C/C(C(N)=O)=C(/Nc1cccc(CC(=O)Nc2cnn(C)n2)n1)SC(C)c1c(F)cc(C(C)(C)O)cc1F. The fraction of sp³-hybridized carbons (Fsp3) is 0.320. The maximum atomic E-state index is 14.9. The summed E-state index contributed by atoms with van der Waals surface area (Å²) < 4.78 is 29.8. The number of amides is 2. The average Bonchev–Trinajstić information content (AvgIpc) is 3.21. The first-order valence-corrected chi connectivity index (χ1v) is 12.4. The molecule has 2 heterocycles. The fourth-order valence-corrected chi connectivity index (χ4v) is 4.54. The van der Waals surface area contributed by atoms with Gasteiger partial charge in [0.15, 0.2) is 5.82 Å². The quantitative estimate of drug-likeness (QED) is 0.283. The van der Waals surface area contributed by atoms with Gasteiger partial charge in [-0.15, -0.1) is 5.10 Å². The second-order valence-corrected chi connectivity index (χ2v) is 10.4. The first-order valence-electron chi connectivity index (χ1n) is 11.5. The summed E-state index contributed by atoms with van der Waals surface area (Å²) in [6.45, 7) is 5.92. The number of nitrogens with two attached hydrogens (primary N) is 1. The fourth-order valence-electron chi connectivity index (χ4n) is 3.40. The van der Waals surface area contributed by atoms with Crippen molar-refractivity contribution in [3.63, 3.8) is 0 Å². The van der Waals surface area contributed by atoms with E-state index in [1.807, 2.05) is 0 Å². The second kappa shape index (κ2) is 11.7. The Hall–Kier alpha value is -3.84. The van der Waals surface area contributed by atoms with Crippen molar-refractivity contribution in [1.29, 1.82) is 0 Å². The third-order valence-corrected chi connectivity index (χ3v) is 6.69. The number of nitrogens with zero attached hydrogens (tertiary/aromatic N) is 4. The van der Waals surface area contributed by atoms with E-state index in [1.54, 1.807) is 32.2 Å². The highest BCUT2D eigenvalue weighted by Gasteiger charge is 2.25. The van der Waals surface area contributed by atoms with Crippen LogP contribution in [-0.4, -0.2) is 36.9 Å². The number of benzene rings is 1. The zero-order valence-corrected chi connectivity index (χ0v) is 22.4. The molecular formula is C25H29F2N7O3S. The third kappa shape index (κ3) is 7.35. The molecule has 1 atom stereocenters. The van der Waals surface area contributed by atoms with Crippen LogP contribution in [0.15, 0.2) is 47.1 Å². The Kier molecular flexibility index (Phi) is 8.84. The Bertz CT molecular complexity index is 1360. The van der Waals surface area contributed by atoms with E-state index in [4.69, 9.17) is 5.73 Å². The van der Waals surface area contributed by atoms with Gasteiger partial charge in [-0.2, -0.15) is 9.90 Å². The minimum Gasteiger partial charge on any atom is -0.386 e. The largest absolute Gasteiger partial charge is 0.386 e. The zero-order valence-electron chi connectivity index (χ0n) is 21.5. The lowest BCUT2D eigenvalue weighted by molar-refractivity contribution is -0.116. The molecule has 1 unspecified atom stereocenters. The monoisotopic (exact) mass is 545 g/mol. The molecule has 2 aromatic heterocycles. The minimum atomic E-state index is -1.42. The van der Waals surface area contributed by atoms with Gasteiger partial charge in [-0.1, -0.05) is 17.8 Å². The standard InChI is InChI=1S/C25H29F2N7O3S/c1-13(23(28)36)24(38-14(2)22-17(26)9-15(10-18(22)27)25(3,4)37)32-19-8-6-7-16(30-19)11-21(35)31-20-12-29-34(5)33-20/h6-10,12,14,37H,11H2,1-5H3,(H2,28,36)(H,30,32)(H,31,33,35)/b24-13+. The number of aryl methyl sites for hydroxylation is 1. The van der Waals surface area contributed by atoms with Crippen molar-refractivity contribution < 1.29 is 23.5 Å². The van der Waals surface area contributed by atoms with Crippen molar-refractivity contribution in [2.75, 3.05) is 10.6 Å². The molecule has 202 valence electrons. The van der Waals surface area contributed by atoms with Crippen molar-refractivity contribution in [1.82, 2.24) is 20.0 Å². The number of carbonyl (C=O) groups excluding carboxylic acids is 2. The molecular weight excluding hydrogens is 516 g/mol. The molecule has 3 rings (SSSR count). The molecule has 3 aromatic rings. The van der Waals surface area contributed by atoms with E-state index in [1.165, 1.54) is 31.8 Å². The van der Waals surface area contributed by atoms with E-state index >= 15 is 0 Å². The summed E-state index contributed by atoms with van der Waals surface area (Å²) in [7, 11) is 1.62. The van der Waals surface area contributed by atoms with Gasteiger partial charge in [0.1, 0.15) is 17.5 Å². The van der Waals surface area contributed by atoms with Crippen LogP contribution in [-0.2, 0) is 28.7 Å². The number of carbonyl (C=O) groups is 2. The van der Waals surface area contributed by atoms with E-state index in [9.17, 15) is 23.5 Å². The molecule has 0 aliphatic rings. The van der Waals surface area contributed by atoms with E-state index in [0.29, 0.717) is 17.3 Å². The van der Waals surface area contributed by atoms with Gasteiger partial charge in [-0.05, 0) is 57.5 Å². The molecule has 0 aliphatic carbocycles. The Labute approximate surface area is 222 Å². The zero-order chi connectivity index (χ0) is 28.2. The summed E-state index contributed by atoms with van der Waals surface area (Å²) >= 11 is 0.983. The molecule has 0 spiro atoms. The molecule has 10 nitrogen and oxygen atoms in total. The molecule has 0 aliphatic heterocycles. The van der Waals surface area contributed by atoms with Gasteiger partial charge in [-0.25, -0.2) is 13.8 Å². The van der Waals surface area contributed by atoms with Crippen LogP contribution in [0.3, 0.4) is 0 Å². The number of hydrogen-bond acceptors (Lipinski definition) is 8. The summed E-state index contributed by atoms with van der Waals surface area (Å²) in [4.78, 5) is 30.1. The highest BCUT2D eigenvalue weighted by Crippen LogP contribution is 2.39. The van der Waals surface area contributed by atoms with Crippen LogP contribution < -0.4 is 16.4 Å². The number of aromatic nitrogens is 4. The van der Waals surface area contributed by atoms with Gasteiger partial charge in [0.2, 0.25) is 11.8 Å². The van der Waals surface area contributed by atoms with E-state index in [0.717, 1.165) is 23.9 Å². The predicted molar refractivity (Wildman–Crippen MR) is 141 cm³/mol. The van der Waals surface area contributed by atoms with E-state index < -0.39 is 28.4 Å². The van der Waals surface area contributed by atoms with Gasteiger partial charge in [-0.3, -0.25) is 9.59 Å². The topological polar surface area (TPSA) is 148 Å². The summed E-state index contributed by atoms with van der Waals surface area (Å²) in [5.41, 5.74) is 4.49. The van der Waals surface area contributed by atoms with Crippen LogP contribution in [0.1, 0.15) is 49.8 Å². The van der Waals surface area contributed by atoms with Gasteiger partial charge in [0.25, 0.3) is 0 Å². The van der Waals surface area contributed by atoms with E-state index in [-0.39, 0.29) is 34.1 Å². The number of rotatable bonds is 10. The molecule has 0 saturated carbocycles. The summed E-state index contributed by atoms with van der Waals surface area (Å²) in [5, 5.41) is 23.1. The first kappa shape index (κ1) is 28.7. The molecule has 38 heavy (non-hydrogen) atoms. The number of anilines is 2. The Morgan fingerprint density at radius 1 is 1.18 bits per heavy atom. The lowest BCUT2D eigenvalue weighted by Crippen LogP contribution is -2.18. The number of aliphatic hydroxyl groups is 1. The van der Waals surface area contributed by atoms with Gasteiger partial charge in [0.05, 0.1) is 28.9 Å². The highest BCUT2D eigenvalue weighted by molar-refractivity contribution is 8.03. The Morgan fingerprint density at radius 2 is 1.84 bits per heavy atom. The van der Waals surface area contributed by atoms with Crippen LogP contribution in [0.25, 0.3) is 0 Å². The molecule has 13 heteroatoms. The molecule has 1 aromatic carbocycles. The summed E-state index contributed by atoms with van der Waals surface area (Å²) in [6.07, 6.45) is 1.35. The lowest BCUT2D eigenvalue weighted by Gasteiger charge is -2.22. The Balaban J connectivity index is 1.81. The van der Waals surface area contributed by atoms with Gasteiger partial charge in [0, 0.05) is 23.4 Å². The normalized spacial score (nSPS) is 13.1. The van der Waals surface area contributed by atoms with Crippen molar-refractivity contribution in [2.45, 2.75) is 45.0 Å². The maximum Gasteiger partial charge on any atom is 0.246 e. The van der Waals surface area contributed by atoms with Crippen LogP contribution in [0, 0.1) is 11.6 Å². The number of thioether (sulfide) groups is 1. The molecule has 0 bridgehead atoms. The van der Waals surface area contributed by atoms with Crippen molar-refractivity contribution in [2.24, 2.45) is 12.8 Å². The maximum absolute atomic E-state index is 14.9. The number of hydrogen-bond donors (Lipinski definition) is 4. The average molecular weight is 546 g/mol.